The Labute approximate surface area is 122 Å². The molecule has 1 heterocycles. The molecular weight excluding hydrogens is 264 g/mol. The molecule has 1 aromatic heterocycles. The summed E-state index contributed by atoms with van der Waals surface area (Å²) in [5.74, 6) is 0.615. The number of benzene rings is 2. The Morgan fingerprint density at radius 3 is 2.90 bits per heavy atom. The van der Waals surface area contributed by atoms with Crippen LogP contribution >= 0.6 is 0 Å². The predicted octanol–water partition coefficient (Wildman–Crippen LogP) is 3.82. The van der Waals surface area contributed by atoms with Gasteiger partial charge in [-0.15, -0.1) is 0 Å². The minimum atomic E-state index is -0.131. The van der Waals surface area contributed by atoms with Crippen LogP contribution in [0.25, 0.3) is 10.9 Å². The van der Waals surface area contributed by atoms with E-state index in [2.05, 4.69) is 10.3 Å². The number of rotatable bonds is 4. The normalized spacial score (nSPS) is 10.5. The fourth-order valence-corrected chi connectivity index (χ4v) is 2.31. The van der Waals surface area contributed by atoms with Crippen molar-refractivity contribution in [3.05, 3.63) is 60.3 Å². The van der Waals surface area contributed by atoms with Gasteiger partial charge in [-0.1, -0.05) is 12.1 Å². The standard InChI is InChI=1S/C17H16N2O2/c1-2-21-13-6-3-5-12(11-13)19-17(20)15-7-4-8-16-14(15)9-10-18-16/h3-11,18H,2H2,1H3,(H,19,20). The first-order valence-electron chi connectivity index (χ1n) is 6.88. The van der Waals surface area contributed by atoms with E-state index in [1.165, 1.54) is 0 Å². The molecule has 3 aromatic rings. The Hall–Kier alpha value is -2.75. The SMILES string of the molecule is CCOc1cccc(NC(=O)c2cccc3[nH]ccc23)c1. The predicted molar refractivity (Wildman–Crippen MR) is 83.9 cm³/mol. The number of nitrogens with one attached hydrogen (secondary N) is 2. The summed E-state index contributed by atoms with van der Waals surface area (Å²) in [5.41, 5.74) is 2.32. The lowest BCUT2D eigenvalue weighted by atomic mass is 10.1. The van der Waals surface area contributed by atoms with Crippen molar-refractivity contribution >= 4 is 22.5 Å². The van der Waals surface area contributed by atoms with Gasteiger partial charge >= 0.3 is 0 Å². The number of anilines is 1. The van der Waals surface area contributed by atoms with Gasteiger partial charge in [0.1, 0.15) is 5.75 Å². The Bertz CT molecular complexity index is 777. The third-order valence-corrected chi connectivity index (χ3v) is 3.24. The van der Waals surface area contributed by atoms with Crippen molar-refractivity contribution in [2.45, 2.75) is 6.92 Å². The van der Waals surface area contributed by atoms with Gasteiger partial charge in [-0.2, -0.15) is 0 Å². The maximum absolute atomic E-state index is 12.4. The Morgan fingerprint density at radius 1 is 1.19 bits per heavy atom. The topological polar surface area (TPSA) is 54.1 Å². The summed E-state index contributed by atoms with van der Waals surface area (Å²) >= 11 is 0. The molecule has 21 heavy (non-hydrogen) atoms. The molecule has 0 aliphatic rings. The molecule has 4 heteroatoms. The molecule has 1 amide bonds. The quantitative estimate of drug-likeness (QED) is 0.763. The zero-order chi connectivity index (χ0) is 14.7. The molecule has 4 nitrogen and oxygen atoms in total. The lowest BCUT2D eigenvalue weighted by molar-refractivity contribution is 0.102. The first-order chi connectivity index (χ1) is 10.3. The smallest absolute Gasteiger partial charge is 0.256 e. The Morgan fingerprint density at radius 2 is 2.05 bits per heavy atom. The molecule has 0 radical (unpaired) electrons. The van der Waals surface area contributed by atoms with Crippen molar-refractivity contribution in [2.75, 3.05) is 11.9 Å². The van der Waals surface area contributed by atoms with E-state index in [0.29, 0.717) is 12.2 Å². The second-order valence-electron chi connectivity index (χ2n) is 4.66. The van der Waals surface area contributed by atoms with Gasteiger partial charge in [0.2, 0.25) is 0 Å². The molecule has 3 rings (SSSR count). The molecule has 0 saturated heterocycles. The number of fused-ring (bicyclic) bond motifs is 1. The maximum atomic E-state index is 12.4. The third-order valence-electron chi connectivity index (χ3n) is 3.24. The zero-order valence-corrected chi connectivity index (χ0v) is 11.7. The number of H-pyrrole nitrogens is 1. The van der Waals surface area contributed by atoms with Gasteiger partial charge in [0.15, 0.2) is 0 Å². The van der Waals surface area contributed by atoms with E-state index in [1.807, 2.05) is 61.7 Å². The fourth-order valence-electron chi connectivity index (χ4n) is 2.31. The molecule has 0 unspecified atom stereocenters. The van der Waals surface area contributed by atoms with Crippen molar-refractivity contribution in [1.82, 2.24) is 4.98 Å². The minimum Gasteiger partial charge on any atom is -0.494 e. The summed E-state index contributed by atoms with van der Waals surface area (Å²) in [6.07, 6.45) is 1.83. The summed E-state index contributed by atoms with van der Waals surface area (Å²) in [7, 11) is 0. The molecule has 0 fully saturated rings. The van der Waals surface area contributed by atoms with Crippen LogP contribution in [0.2, 0.25) is 0 Å². The summed E-state index contributed by atoms with van der Waals surface area (Å²) in [6, 6.07) is 14.9. The lowest BCUT2D eigenvalue weighted by Gasteiger charge is -2.08. The van der Waals surface area contributed by atoms with Gasteiger partial charge < -0.3 is 15.0 Å². The van der Waals surface area contributed by atoms with E-state index in [4.69, 9.17) is 4.74 Å². The molecule has 0 saturated carbocycles. The first-order valence-corrected chi connectivity index (χ1v) is 6.88. The van der Waals surface area contributed by atoms with E-state index in [0.717, 1.165) is 22.3 Å². The van der Waals surface area contributed by atoms with Gasteiger partial charge in [0.05, 0.1) is 6.61 Å². The molecule has 2 aromatic carbocycles. The van der Waals surface area contributed by atoms with Gasteiger partial charge in [-0.25, -0.2) is 0 Å². The minimum absolute atomic E-state index is 0.131. The Balaban J connectivity index is 1.86. The van der Waals surface area contributed by atoms with Crippen LogP contribution in [0.15, 0.2) is 54.7 Å². The summed E-state index contributed by atoms with van der Waals surface area (Å²) in [6.45, 7) is 2.53. The molecule has 0 aliphatic carbocycles. The van der Waals surface area contributed by atoms with Gasteiger partial charge in [-0.3, -0.25) is 4.79 Å². The van der Waals surface area contributed by atoms with Crippen molar-refractivity contribution in [3.63, 3.8) is 0 Å². The molecule has 106 valence electrons. The van der Waals surface area contributed by atoms with Gasteiger partial charge in [0, 0.05) is 34.4 Å². The second kappa shape index (κ2) is 5.71. The van der Waals surface area contributed by atoms with Crippen LogP contribution in [0.3, 0.4) is 0 Å². The highest BCUT2D eigenvalue weighted by molar-refractivity contribution is 6.12. The molecule has 0 spiro atoms. The number of aromatic nitrogens is 1. The second-order valence-corrected chi connectivity index (χ2v) is 4.66. The van der Waals surface area contributed by atoms with Crippen LogP contribution in [-0.4, -0.2) is 17.5 Å². The number of carbonyl (C=O) groups excluding carboxylic acids is 1. The van der Waals surface area contributed by atoms with E-state index >= 15 is 0 Å². The number of aromatic amines is 1. The number of hydrogen-bond acceptors (Lipinski definition) is 2. The highest BCUT2D eigenvalue weighted by atomic mass is 16.5. The molecular formula is C17H16N2O2. The van der Waals surface area contributed by atoms with E-state index in [-0.39, 0.29) is 5.91 Å². The average molecular weight is 280 g/mol. The first kappa shape index (κ1) is 13.2. The molecule has 0 atom stereocenters. The third kappa shape index (κ3) is 2.74. The van der Waals surface area contributed by atoms with Crippen molar-refractivity contribution in [3.8, 4) is 5.75 Å². The molecule has 0 bridgehead atoms. The molecule has 0 aliphatic heterocycles. The highest BCUT2D eigenvalue weighted by Gasteiger charge is 2.10. The highest BCUT2D eigenvalue weighted by Crippen LogP contribution is 2.21. The number of amides is 1. The van der Waals surface area contributed by atoms with Gasteiger partial charge in [0.25, 0.3) is 5.91 Å². The van der Waals surface area contributed by atoms with Crippen LogP contribution in [0, 0.1) is 0 Å². The van der Waals surface area contributed by atoms with E-state index in [1.54, 1.807) is 0 Å². The van der Waals surface area contributed by atoms with Crippen LogP contribution in [-0.2, 0) is 0 Å². The fraction of sp³-hybridized carbons (Fsp3) is 0.118. The van der Waals surface area contributed by atoms with Crippen molar-refractivity contribution in [2.24, 2.45) is 0 Å². The number of carbonyl (C=O) groups is 1. The van der Waals surface area contributed by atoms with E-state index in [9.17, 15) is 4.79 Å². The summed E-state index contributed by atoms with van der Waals surface area (Å²) in [4.78, 5) is 15.5. The monoisotopic (exact) mass is 280 g/mol. The zero-order valence-electron chi connectivity index (χ0n) is 11.7. The largest absolute Gasteiger partial charge is 0.494 e. The average Bonchev–Trinajstić information content (AvgIpc) is 2.96. The number of hydrogen-bond donors (Lipinski definition) is 2. The van der Waals surface area contributed by atoms with Crippen LogP contribution < -0.4 is 10.1 Å². The van der Waals surface area contributed by atoms with Crippen LogP contribution in [0.1, 0.15) is 17.3 Å². The van der Waals surface area contributed by atoms with Crippen molar-refractivity contribution in [1.29, 1.82) is 0 Å². The van der Waals surface area contributed by atoms with Crippen LogP contribution in [0.5, 0.6) is 5.75 Å². The summed E-state index contributed by atoms with van der Waals surface area (Å²) in [5, 5.41) is 3.82. The maximum Gasteiger partial charge on any atom is 0.256 e. The Kier molecular flexibility index (Phi) is 3.60. The summed E-state index contributed by atoms with van der Waals surface area (Å²) < 4.78 is 5.44. The van der Waals surface area contributed by atoms with E-state index < -0.39 is 0 Å². The lowest BCUT2D eigenvalue weighted by Crippen LogP contribution is -2.12. The van der Waals surface area contributed by atoms with Crippen LogP contribution in [0.4, 0.5) is 5.69 Å². The molecule has 2 N–H and O–H groups in total. The van der Waals surface area contributed by atoms with Gasteiger partial charge in [-0.05, 0) is 37.3 Å². The number of ether oxygens (including phenoxy) is 1. The van der Waals surface area contributed by atoms with Crippen molar-refractivity contribution < 1.29 is 9.53 Å².